The van der Waals surface area contributed by atoms with Crippen molar-refractivity contribution in [2.75, 3.05) is 24.5 Å². The quantitative estimate of drug-likeness (QED) is 0.865. The second-order valence-electron chi connectivity index (χ2n) is 4.88. The monoisotopic (exact) mass is 233 g/mol. The van der Waals surface area contributed by atoms with Crippen LogP contribution in [0.25, 0.3) is 0 Å². The molecule has 94 valence electrons. The van der Waals surface area contributed by atoms with Crippen molar-refractivity contribution in [1.82, 2.24) is 10.3 Å². The Morgan fingerprint density at radius 1 is 1.41 bits per heavy atom. The molecular formula is C14H23N3. The zero-order valence-electron chi connectivity index (χ0n) is 10.9. The van der Waals surface area contributed by atoms with Crippen LogP contribution in [0.2, 0.25) is 0 Å². The maximum Gasteiger partial charge on any atom is 0.128 e. The maximum absolute atomic E-state index is 4.51. The summed E-state index contributed by atoms with van der Waals surface area (Å²) < 4.78 is 0. The molecule has 3 heteroatoms. The first-order valence-electron chi connectivity index (χ1n) is 6.70. The van der Waals surface area contributed by atoms with Crippen LogP contribution >= 0.6 is 0 Å². The van der Waals surface area contributed by atoms with Crippen molar-refractivity contribution in [1.29, 1.82) is 0 Å². The van der Waals surface area contributed by atoms with E-state index < -0.39 is 0 Å². The third kappa shape index (κ3) is 3.43. The zero-order valence-corrected chi connectivity index (χ0v) is 10.9. The van der Waals surface area contributed by atoms with Crippen molar-refractivity contribution >= 4 is 5.82 Å². The van der Waals surface area contributed by atoms with Crippen molar-refractivity contribution in [3.8, 4) is 0 Å². The highest BCUT2D eigenvalue weighted by atomic mass is 15.2. The van der Waals surface area contributed by atoms with E-state index in [1.54, 1.807) is 0 Å². The van der Waals surface area contributed by atoms with E-state index >= 15 is 0 Å². The summed E-state index contributed by atoms with van der Waals surface area (Å²) in [5.74, 6) is 1.10. The standard InChI is InChI=1S/C14H23N3/c1-3-17(11-13-6-4-5-9-15-13)14-8-7-12(2)10-16-14/h7-8,10,13,15H,3-6,9,11H2,1-2H3. The smallest absolute Gasteiger partial charge is 0.128 e. The van der Waals surface area contributed by atoms with E-state index in [2.05, 4.69) is 41.2 Å². The molecule has 1 fully saturated rings. The fourth-order valence-electron chi connectivity index (χ4n) is 2.38. The summed E-state index contributed by atoms with van der Waals surface area (Å²) in [5, 5.41) is 3.60. The highest BCUT2D eigenvalue weighted by Crippen LogP contribution is 2.14. The molecule has 1 unspecified atom stereocenters. The lowest BCUT2D eigenvalue weighted by atomic mass is 10.0. The molecule has 0 saturated carbocycles. The summed E-state index contributed by atoms with van der Waals surface area (Å²) >= 11 is 0. The minimum absolute atomic E-state index is 0.631. The normalized spacial score (nSPS) is 20.2. The lowest BCUT2D eigenvalue weighted by Crippen LogP contribution is -2.44. The molecular weight excluding hydrogens is 210 g/mol. The van der Waals surface area contributed by atoms with E-state index in [0.717, 1.165) is 18.9 Å². The van der Waals surface area contributed by atoms with Gasteiger partial charge in [-0.25, -0.2) is 4.98 Å². The molecule has 1 aliphatic heterocycles. The number of nitrogens with zero attached hydrogens (tertiary/aromatic N) is 2. The molecule has 1 aromatic rings. The van der Waals surface area contributed by atoms with Gasteiger partial charge < -0.3 is 10.2 Å². The number of hydrogen-bond acceptors (Lipinski definition) is 3. The zero-order chi connectivity index (χ0) is 12.1. The van der Waals surface area contributed by atoms with Crippen molar-refractivity contribution in [2.45, 2.75) is 39.2 Å². The van der Waals surface area contributed by atoms with Crippen LogP contribution in [0.5, 0.6) is 0 Å². The van der Waals surface area contributed by atoms with Crippen molar-refractivity contribution in [3.63, 3.8) is 0 Å². The Hall–Kier alpha value is -1.09. The predicted octanol–water partition coefficient (Wildman–Crippen LogP) is 2.36. The number of rotatable bonds is 4. The molecule has 0 bridgehead atoms. The molecule has 2 heterocycles. The molecule has 17 heavy (non-hydrogen) atoms. The fraction of sp³-hybridized carbons (Fsp3) is 0.643. The highest BCUT2D eigenvalue weighted by molar-refractivity contribution is 5.39. The molecule has 1 N–H and O–H groups in total. The van der Waals surface area contributed by atoms with Gasteiger partial charge in [-0.05, 0) is 44.9 Å². The average molecular weight is 233 g/mol. The topological polar surface area (TPSA) is 28.2 Å². The third-order valence-corrected chi connectivity index (χ3v) is 3.45. The van der Waals surface area contributed by atoms with Gasteiger partial charge in [0.1, 0.15) is 5.82 Å². The summed E-state index contributed by atoms with van der Waals surface area (Å²) in [5.41, 5.74) is 1.22. The first-order valence-corrected chi connectivity index (χ1v) is 6.70. The van der Waals surface area contributed by atoms with Gasteiger partial charge in [0.05, 0.1) is 0 Å². The third-order valence-electron chi connectivity index (χ3n) is 3.45. The lowest BCUT2D eigenvalue weighted by Gasteiger charge is -2.30. The van der Waals surface area contributed by atoms with E-state index in [1.807, 2.05) is 6.20 Å². The summed E-state index contributed by atoms with van der Waals surface area (Å²) in [7, 11) is 0. The number of likely N-dealkylation sites (N-methyl/N-ethyl adjacent to an activating group) is 1. The summed E-state index contributed by atoms with van der Waals surface area (Å²) in [6.45, 7) is 7.55. The van der Waals surface area contributed by atoms with Crippen molar-refractivity contribution in [3.05, 3.63) is 23.9 Å². The van der Waals surface area contributed by atoms with Gasteiger partial charge >= 0.3 is 0 Å². The van der Waals surface area contributed by atoms with Crippen LogP contribution < -0.4 is 10.2 Å². The van der Waals surface area contributed by atoms with Crippen molar-refractivity contribution in [2.24, 2.45) is 0 Å². The Balaban J connectivity index is 1.97. The van der Waals surface area contributed by atoms with Crippen LogP contribution in [0, 0.1) is 6.92 Å². The van der Waals surface area contributed by atoms with Crippen LogP contribution in [0.15, 0.2) is 18.3 Å². The van der Waals surface area contributed by atoms with Gasteiger partial charge in [0.2, 0.25) is 0 Å². The molecule has 0 spiro atoms. The highest BCUT2D eigenvalue weighted by Gasteiger charge is 2.16. The molecule has 1 aliphatic rings. The van der Waals surface area contributed by atoms with Crippen LogP contribution in [0.3, 0.4) is 0 Å². The van der Waals surface area contributed by atoms with Gasteiger partial charge in [0, 0.05) is 25.3 Å². The van der Waals surface area contributed by atoms with Gasteiger partial charge in [-0.1, -0.05) is 12.5 Å². The average Bonchev–Trinajstić information content (AvgIpc) is 2.38. The van der Waals surface area contributed by atoms with Gasteiger partial charge in [0.25, 0.3) is 0 Å². The van der Waals surface area contributed by atoms with E-state index in [0.29, 0.717) is 6.04 Å². The fourth-order valence-corrected chi connectivity index (χ4v) is 2.38. The second-order valence-corrected chi connectivity index (χ2v) is 4.88. The van der Waals surface area contributed by atoms with Gasteiger partial charge in [0.15, 0.2) is 0 Å². The Labute approximate surface area is 104 Å². The number of aryl methyl sites for hydroxylation is 1. The van der Waals surface area contributed by atoms with Gasteiger partial charge in [-0.3, -0.25) is 0 Å². The Morgan fingerprint density at radius 2 is 2.29 bits per heavy atom. The van der Waals surface area contributed by atoms with E-state index in [4.69, 9.17) is 0 Å². The SMILES string of the molecule is CCN(CC1CCCCN1)c1ccc(C)cn1. The summed E-state index contributed by atoms with van der Waals surface area (Å²) in [6.07, 6.45) is 5.93. The molecule has 1 saturated heterocycles. The van der Waals surface area contributed by atoms with E-state index in [-0.39, 0.29) is 0 Å². The Bertz CT molecular complexity index is 328. The molecule has 0 aliphatic carbocycles. The van der Waals surface area contributed by atoms with Crippen LogP contribution in [0.4, 0.5) is 5.82 Å². The number of piperidine rings is 1. The largest absolute Gasteiger partial charge is 0.355 e. The number of hydrogen-bond donors (Lipinski definition) is 1. The molecule has 1 aromatic heterocycles. The second kappa shape index (κ2) is 6.01. The molecule has 3 nitrogen and oxygen atoms in total. The molecule has 0 aromatic carbocycles. The minimum atomic E-state index is 0.631. The summed E-state index contributed by atoms with van der Waals surface area (Å²) in [4.78, 5) is 6.88. The minimum Gasteiger partial charge on any atom is -0.355 e. The first-order chi connectivity index (χ1) is 8.29. The van der Waals surface area contributed by atoms with Gasteiger partial charge in [-0.15, -0.1) is 0 Å². The Kier molecular flexibility index (Phi) is 4.37. The number of nitrogens with one attached hydrogen (secondary N) is 1. The number of pyridine rings is 1. The molecule has 0 amide bonds. The molecule has 2 rings (SSSR count). The predicted molar refractivity (Wildman–Crippen MR) is 72.5 cm³/mol. The van der Waals surface area contributed by atoms with E-state index in [9.17, 15) is 0 Å². The van der Waals surface area contributed by atoms with Crippen LogP contribution in [-0.4, -0.2) is 30.7 Å². The molecule has 1 atom stereocenters. The van der Waals surface area contributed by atoms with Crippen LogP contribution in [-0.2, 0) is 0 Å². The number of anilines is 1. The Morgan fingerprint density at radius 3 is 2.88 bits per heavy atom. The number of aromatic nitrogens is 1. The first kappa shape index (κ1) is 12.4. The lowest BCUT2D eigenvalue weighted by molar-refractivity contribution is 0.399. The van der Waals surface area contributed by atoms with Crippen LogP contribution in [0.1, 0.15) is 31.7 Å². The van der Waals surface area contributed by atoms with E-state index in [1.165, 1.54) is 31.4 Å². The van der Waals surface area contributed by atoms with Gasteiger partial charge in [-0.2, -0.15) is 0 Å². The maximum atomic E-state index is 4.51. The molecule has 0 radical (unpaired) electrons. The summed E-state index contributed by atoms with van der Waals surface area (Å²) in [6, 6.07) is 4.90. The van der Waals surface area contributed by atoms with Crippen molar-refractivity contribution < 1.29 is 0 Å².